The van der Waals surface area contributed by atoms with Gasteiger partial charge in [0, 0.05) is 23.1 Å². The van der Waals surface area contributed by atoms with E-state index in [2.05, 4.69) is 5.32 Å². The van der Waals surface area contributed by atoms with Crippen LogP contribution in [0.3, 0.4) is 0 Å². The summed E-state index contributed by atoms with van der Waals surface area (Å²) in [5.41, 5.74) is 3.63. The van der Waals surface area contributed by atoms with Crippen molar-refractivity contribution in [2.75, 3.05) is 6.79 Å². The number of carbonyl (C=O) groups is 1. The lowest BCUT2D eigenvalue weighted by Gasteiger charge is -2.10. The van der Waals surface area contributed by atoms with Crippen molar-refractivity contribution in [3.05, 3.63) is 70.9 Å². The molecule has 0 spiro atoms. The van der Waals surface area contributed by atoms with Crippen molar-refractivity contribution in [1.82, 2.24) is 9.88 Å². The van der Waals surface area contributed by atoms with Crippen molar-refractivity contribution in [1.29, 1.82) is 5.26 Å². The molecule has 2 aromatic heterocycles. The number of nitriles is 1. The molecule has 0 fully saturated rings. The van der Waals surface area contributed by atoms with E-state index in [1.165, 1.54) is 6.26 Å². The number of hydrogen-bond donors (Lipinski definition) is 1. The molecule has 0 radical (unpaired) electrons. The van der Waals surface area contributed by atoms with Gasteiger partial charge in [-0.1, -0.05) is 0 Å². The lowest BCUT2D eigenvalue weighted by Crippen LogP contribution is -2.23. The molecule has 1 aromatic carbocycles. The minimum Gasteiger partial charge on any atom is -0.467 e. The van der Waals surface area contributed by atoms with E-state index < -0.39 is 5.91 Å². The summed E-state index contributed by atoms with van der Waals surface area (Å²) in [6.45, 7) is 4.35. The first-order chi connectivity index (χ1) is 14.1. The molecule has 1 N–H and O–H groups in total. The number of fused-ring (bicyclic) bond motifs is 1. The van der Waals surface area contributed by atoms with Crippen molar-refractivity contribution in [2.45, 2.75) is 20.4 Å². The Morgan fingerprint density at radius 3 is 2.83 bits per heavy atom. The zero-order chi connectivity index (χ0) is 20.4. The van der Waals surface area contributed by atoms with Crippen LogP contribution in [0.5, 0.6) is 11.5 Å². The molecule has 0 saturated carbocycles. The largest absolute Gasteiger partial charge is 0.467 e. The predicted molar refractivity (Wildman–Crippen MR) is 106 cm³/mol. The molecular weight excluding hydrogens is 370 g/mol. The second kappa shape index (κ2) is 7.60. The summed E-state index contributed by atoms with van der Waals surface area (Å²) in [7, 11) is 0. The average Bonchev–Trinajstić information content (AvgIpc) is 3.45. The van der Waals surface area contributed by atoms with Crippen LogP contribution in [0.1, 0.15) is 22.7 Å². The first kappa shape index (κ1) is 18.4. The highest BCUT2D eigenvalue weighted by Crippen LogP contribution is 2.35. The molecule has 0 saturated heterocycles. The molecule has 1 aliphatic heterocycles. The van der Waals surface area contributed by atoms with E-state index in [1.807, 2.05) is 48.7 Å². The van der Waals surface area contributed by atoms with E-state index in [1.54, 1.807) is 18.2 Å². The van der Waals surface area contributed by atoms with Gasteiger partial charge in [-0.3, -0.25) is 4.79 Å². The third-order valence-corrected chi connectivity index (χ3v) is 4.75. The van der Waals surface area contributed by atoms with Crippen LogP contribution in [0, 0.1) is 25.2 Å². The Bertz CT molecular complexity index is 1130. The van der Waals surface area contributed by atoms with Crippen molar-refractivity contribution in [3.8, 4) is 23.3 Å². The number of nitrogens with one attached hydrogen (secondary N) is 1. The maximum Gasteiger partial charge on any atom is 0.262 e. The quantitative estimate of drug-likeness (QED) is 0.532. The second-order valence-corrected chi connectivity index (χ2v) is 6.63. The van der Waals surface area contributed by atoms with E-state index in [0.29, 0.717) is 11.5 Å². The molecule has 29 heavy (non-hydrogen) atoms. The molecule has 1 aliphatic rings. The summed E-state index contributed by atoms with van der Waals surface area (Å²) in [6, 6.07) is 13.2. The molecule has 3 aromatic rings. The van der Waals surface area contributed by atoms with Gasteiger partial charge < -0.3 is 23.8 Å². The fourth-order valence-electron chi connectivity index (χ4n) is 3.34. The smallest absolute Gasteiger partial charge is 0.262 e. The number of carbonyl (C=O) groups excluding carboxylic acids is 1. The lowest BCUT2D eigenvalue weighted by molar-refractivity contribution is -0.117. The Balaban J connectivity index is 1.60. The van der Waals surface area contributed by atoms with E-state index in [9.17, 15) is 10.1 Å². The number of ether oxygens (including phenoxy) is 2. The van der Waals surface area contributed by atoms with Crippen LogP contribution in [0.25, 0.3) is 11.8 Å². The molecule has 1 amide bonds. The van der Waals surface area contributed by atoms with Crippen molar-refractivity contribution in [2.24, 2.45) is 0 Å². The monoisotopic (exact) mass is 389 g/mol. The van der Waals surface area contributed by atoms with Crippen LogP contribution in [0.2, 0.25) is 0 Å². The first-order valence-corrected chi connectivity index (χ1v) is 9.08. The van der Waals surface area contributed by atoms with Crippen LogP contribution >= 0.6 is 0 Å². The molecule has 7 heteroatoms. The number of nitrogens with zero attached hydrogens (tertiary/aromatic N) is 2. The van der Waals surface area contributed by atoms with Gasteiger partial charge >= 0.3 is 0 Å². The molecule has 3 heterocycles. The van der Waals surface area contributed by atoms with E-state index in [0.717, 1.165) is 28.4 Å². The molecule has 0 unspecified atom stereocenters. The van der Waals surface area contributed by atoms with Crippen LogP contribution in [0.4, 0.5) is 0 Å². The topological polar surface area (TPSA) is 89.4 Å². The summed E-state index contributed by atoms with van der Waals surface area (Å²) >= 11 is 0. The summed E-state index contributed by atoms with van der Waals surface area (Å²) in [4.78, 5) is 12.4. The van der Waals surface area contributed by atoms with Crippen LogP contribution in [-0.2, 0) is 11.3 Å². The van der Waals surface area contributed by atoms with Gasteiger partial charge in [-0.15, -0.1) is 0 Å². The maximum atomic E-state index is 12.4. The Morgan fingerprint density at radius 1 is 1.24 bits per heavy atom. The van der Waals surface area contributed by atoms with E-state index in [-0.39, 0.29) is 18.9 Å². The van der Waals surface area contributed by atoms with Gasteiger partial charge in [-0.2, -0.15) is 5.26 Å². The van der Waals surface area contributed by atoms with Gasteiger partial charge in [0.1, 0.15) is 17.4 Å². The number of aryl methyl sites for hydroxylation is 1. The molecule has 146 valence electrons. The third kappa shape index (κ3) is 3.60. The molecular formula is C22H19N3O4. The Kier molecular flexibility index (Phi) is 4.83. The number of aromatic nitrogens is 1. The fraction of sp³-hybridized carbons (Fsp3) is 0.182. The summed E-state index contributed by atoms with van der Waals surface area (Å²) in [5.74, 6) is 1.59. The Hall–Kier alpha value is -3.92. The SMILES string of the molecule is Cc1cc(/C=C(\C#N)C(=O)NCc2ccco2)c(C)n1-c1ccc2c(c1)OCO2. The highest BCUT2D eigenvalue weighted by molar-refractivity contribution is 6.01. The average molecular weight is 389 g/mol. The summed E-state index contributed by atoms with van der Waals surface area (Å²) in [6.07, 6.45) is 3.14. The normalized spacial score (nSPS) is 12.7. The number of rotatable bonds is 5. The fourth-order valence-corrected chi connectivity index (χ4v) is 3.34. The maximum absolute atomic E-state index is 12.4. The minimum atomic E-state index is -0.447. The van der Waals surface area contributed by atoms with Crippen LogP contribution in [0.15, 0.2) is 52.7 Å². The predicted octanol–water partition coefficient (Wildman–Crippen LogP) is 3.64. The minimum absolute atomic E-state index is 0.0301. The van der Waals surface area contributed by atoms with Crippen LogP contribution < -0.4 is 14.8 Å². The number of benzene rings is 1. The summed E-state index contributed by atoms with van der Waals surface area (Å²) in [5, 5.41) is 12.2. The molecule has 0 bridgehead atoms. The van der Waals surface area contributed by atoms with Crippen molar-refractivity contribution >= 4 is 12.0 Å². The van der Waals surface area contributed by atoms with Crippen LogP contribution in [-0.4, -0.2) is 17.3 Å². The van der Waals surface area contributed by atoms with Gasteiger partial charge in [0.25, 0.3) is 5.91 Å². The third-order valence-electron chi connectivity index (χ3n) is 4.75. The number of hydrogen-bond acceptors (Lipinski definition) is 5. The Labute approximate surface area is 167 Å². The summed E-state index contributed by atoms with van der Waals surface area (Å²) < 4.78 is 18.1. The van der Waals surface area contributed by atoms with Gasteiger partial charge in [-0.25, -0.2) is 0 Å². The highest BCUT2D eigenvalue weighted by atomic mass is 16.7. The van der Waals surface area contributed by atoms with Gasteiger partial charge in [0.2, 0.25) is 6.79 Å². The van der Waals surface area contributed by atoms with Gasteiger partial charge in [0.15, 0.2) is 11.5 Å². The van der Waals surface area contributed by atoms with Crippen molar-refractivity contribution < 1.29 is 18.7 Å². The van der Waals surface area contributed by atoms with E-state index in [4.69, 9.17) is 13.9 Å². The zero-order valence-electron chi connectivity index (χ0n) is 16.1. The number of furan rings is 1. The van der Waals surface area contributed by atoms with Crippen molar-refractivity contribution in [3.63, 3.8) is 0 Å². The Morgan fingerprint density at radius 2 is 2.07 bits per heavy atom. The molecule has 4 rings (SSSR count). The standard InChI is InChI=1S/C22H19N3O4/c1-14-8-16(9-17(11-23)22(26)24-12-19-4-3-7-27-19)15(2)25(14)18-5-6-20-21(10-18)29-13-28-20/h3-10H,12-13H2,1-2H3,(H,24,26)/b17-9+. The highest BCUT2D eigenvalue weighted by Gasteiger charge is 2.17. The lowest BCUT2D eigenvalue weighted by atomic mass is 10.1. The zero-order valence-corrected chi connectivity index (χ0v) is 16.1. The first-order valence-electron chi connectivity index (χ1n) is 9.08. The van der Waals surface area contributed by atoms with E-state index >= 15 is 0 Å². The van der Waals surface area contributed by atoms with Gasteiger partial charge in [-0.05, 0) is 55.8 Å². The van der Waals surface area contributed by atoms with Gasteiger partial charge in [0.05, 0.1) is 12.8 Å². The molecule has 7 nitrogen and oxygen atoms in total. The second-order valence-electron chi connectivity index (χ2n) is 6.63. The molecule has 0 atom stereocenters. The molecule has 0 aliphatic carbocycles. The number of amides is 1.